The molecule has 1 saturated heterocycles. The number of nitro benzene ring substituents is 1. The molecule has 0 spiro atoms. The number of aryl methyl sites for hydroxylation is 1. The van der Waals surface area contributed by atoms with E-state index in [4.69, 9.17) is 23.8 Å². The molecule has 1 fully saturated rings. The van der Waals surface area contributed by atoms with Gasteiger partial charge in [0.2, 0.25) is 0 Å². The van der Waals surface area contributed by atoms with E-state index in [0.29, 0.717) is 27.7 Å². The van der Waals surface area contributed by atoms with Gasteiger partial charge in [0.1, 0.15) is 5.57 Å². The van der Waals surface area contributed by atoms with Crippen LogP contribution >= 0.6 is 23.8 Å². The Morgan fingerprint density at radius 1 is 1.06 bits per heavy atom. The molecule has 10 heteroatoms. The summed E-state index contributed by atoms with van der Waals surface area (Å²) < 4.78 is 1.83. The number of amides is 2. The van der Waals surface area contributed by atoms with Gasteiger partial charge < -0.3 is 4.57 Å². The second kappa shape index (κ2) is 8.61. The molecule has 1 aliphatic heterocycles. The molecule has 0 aliphatic carbocycles. The fraction of sp³-hybridized carbons (Fsp3) is 0.0870. The van der Waals surface area contributed by atoms with E-state index >= 15 is 0 Å². The van der Waals surface area contributed by atoms with Crippen LogP contribution in [0.5, 0.6) is 0 Å². The molecule has 0 radical (unpaired) electrons. The number of rotatable bonds is 4. The van der Waals surface area contributed by atoms with E-state index in [1.54, 1.807) is 42.5 Å². The van der Waals surface area contributed by atoms with Crippen LogP contribution in [0.2, 0.25) is 5.02 Å². The highest BCUT2D eigenvalue weighted by Gasteiger charge is 2.34. The number of non-ortho nitro benzene ring substituents is 1. The summed E-state index contributed by atoms with van der Waals surface area (Å²) in [6, 6.07) is 14.6. The van der Waals surface area contributed by atoms with E-state index in [9.17, 15) is 19.7 Å². The fourth-order valence-electron chi connectivity index (χ4n) is 3.71. The third-order valence-electron chi connectivity index (χ3n) is 5.26. The van der Waals surface area contributed by atoms with Gasteiger partial charge in [0.05, 0.1) is 16.3 Å². The van der Waals surface area contributed by atoms with Crippen molar-refractivity contribution in [2.45, 2.75) is 13.8 Å². The average molecular weight is 481 g/mol. The molecule has 33 heavy (non-hydrogen) atoms. The first-order chi connectivity index (χ1) is 15.7. The van der Waals surface area contributed by atoms with Crippen molar-refractivity contribution in [2.75, 3.05) is 4.90 Å². The number of aromatic nitrogens is 1. The van der Waals surface area contributed by atoms with Gasteiger partial charge in [-0.15, -0.1) is 0 Å². The SMILES string of the molecule is Cc1cc(C=C2C(=O)NC(=S)N(c3ccc(Cl)cc3)C2=O)c(C)n1-c1cccc([N+](=O)[O-])c1. The first kappa shape index (κ1) is 22.4. The van der Waals surface area contributed by atoms with Crippen molar-refractivity contribution in [3.8, 4) is 5.69 Å². The van der Waals surface area contributed by atoms with Gasteiger partial charge in [0.15, 0.2) is 5.11 Å². The number of benzene rings is 2. The number of nitrogens with one attached hydrogen (secondary N) is 1. The molecule has 0 atom stereocenters. The highest BCUT2D eigenvalue weighted by Crippen LogP contribution is 2.27. The minimum absolute atomic E-state index is 0.0217. The lowest BCUT2D eigenvalue weighted by Crippen LogP contribution is -2.54. The van der Waals surface area contributed by atoms with Gasteiger partial charge in [0.25, 0.3) is 17.5 Å². The molecule has 1 aliphatic rings. The van der Waals surface area contributed by atoms with Crippen LogP contribution < -0.4 is 10.2 Å². The summed E-state index contributed by atoms with van der Waals surface area (Å²) >= 11 is 11.2. The summed E-state index contributed by atoms with van der Waals surface area (Å²) in [6.07, 6.45) is 1.50. The molecule has 2 amide bonds. The lowest BCUT2D eigenvalue weighted by atomic mass is 10.1. The van der Waals surface area contributed by atoms with Gasteiger partial charge >= 0.3 is 0 Å². The van der Waals surface area contributed by atoms with Crippen LogP contribution in [-0.4, -0.2) is 26.4 Å². The zero-order chi connectivity index (χ0) is 23.9. The molecule has 0 unspecified atom stereocenters. The molecule has 1 aromatic heterocycles. The molecule has 0 saturated carbocycles. The Hall–Kier alpha value is -3.82. The standard InChI is InChI=1S/C23H17ClN4O4S/c1-13-10-15(14(2)26(13)18-4-3-5-19(12-18)28(31)32)11-20-21(29)25-23(33)27(22(20)30)17-8-6-16(24)7-9-17/h3-12H,1-2H3,(H,25,29,33). The summed E-state index contributed by atoms with van der Waals surface area (Å²) in [5.74, 6) is -1.17. The molecular formula is C23H17ClN4O4S. The number of nitrogens with zero attached hydrogens (tertiary/aromatic N) is 3. The number of thiocarbonyl (C=S) groups is 1. The van der Waals surface area contributed by atoms with Crippen molar-refractivity contribution in [3.63, 3.8) is 0 Å². The van der Waals surface area contributed by atoms with Crippen LogP contribution in [0, 0.1) is 24.0 Å². The van der Waals surface area contributed by atoms with Crippen molar-refractivity contribution in [3.05, 3.63) is 92.3 Å². The predicted molar refractivity (Wildman–Crippen MR) is 130 cm³/mol. The number of hydrogen-bond acceptors (Lipinski definition) is 5. The topological polar surface area (TPSA) is 97.5 Å². The van der Waals surface area contributed by atoms with Crippen LogP contribution in [0.4, 0.5) is 11.4 Å². The van der Waals surface area contributed by atoms with Crippen molar-refractivity contribution in [2.24, 2.45) is 0 Å². The number of carbonyl (C=O) groups is 2. The molecular weight excluding hydrogens is 464 g/mol. The van der Waals surface area contributed by atoms with Crippen molar-refractivity contribution >= 4 is 58.2 Å². The van der Waals surface area contributed by atoms with E-state index < -0.39 is 16.7 Å². The monoisotopic (exact) mass is 480 g/mol. The maximum Gasteiger partial charge on any atom is 0.271 e. The number of nitro groups is 1. The zero-order valence-corrected chi connectivity index (χ0v) is 19.1. The summed E-state index contributed by atoms with van der Waals surface area (Å²) in [5, 5.41) is 14.2. The second-order valence-electron chi connectivity index (χ2n) is 7.37. The third kappa shape index (κ3) is 4.15. The highest BCUT2D eigenvalue weighted by atomic mass is 35.5. The maximum absolute atomic E-state index is 13.2. The maximum atomic E-state index is 13.2. The molecule has 3 aromatic rings. The zero-order valence-electron chi connectivity index (χ0n) is 17.5. The summed E-state index contributed by atoms with van der Waals surface area (Å²) in [7, 11) is 0. The third-order valence-corrected chi connectivity index (χ3v) is 5.79. The van der Waals surface area contributed by atoms with Crippen molar-refractivity contribution in [1.29, 1.82) is 0 Å². The number of halogens is 1. The van der Waals surface area contributed by atoms with Gasteiger partial charge in [-0.3, -0.25) is 29.9 Å². The molecule has 166 valence electrons. The van der Waals surface area contributed by atoms with Gasteiger partial charge in [-0.1, -0.05) is 17.7 Å². The Morgan fingerprint density at radius 2 is 1.76 bits per heavy atom. The lowest BCUT2D eigenvalue weighted by molar-refractivity contribution is -0.384. The highest BCUT2D eigenvalue weighted by molar-refractivity contribution is 7.80. The van der Waals surface area contributed by atoms with Crippen LogP contribution in [0.3, 0.4) is 0 Å². The average Bonchev–Trinajstić information content (AvgIpc) is 3.05. The number of anilines is 1. The first-order valence-corrected chi connectivity index (χ1v) is 10.6. The van der Waals surface area contributed by atoms with Crippen LogP contribution in [0.25, 0.3) is 11.8 Å². The normalized spacial score (nSPS) is 15.2. The Labute approximate surface area is 199 Å². The molecule has 1 N–H and O–H groups in total. The van der Waals surface area contributed by atoms with Crippen molar-refractivity contribution in [1.82, 2.24) is 9.88 Å². The minimum Gasteiger partial charge on any atom is -0.318 e. The van der Waals surface area contributed by atoms with E-state index in [1.807, 2.05) is 18.4 Å². The van der Waals surface area contributed by atoms with E-state index in [2.05, 4.69) is 5.32 Å². The Morgan fingerprint density at radius 3 is 2.42 bits per heavy atom. The molecule has 2 aromatic carbocycles. The Kier molecular flexibility index (Phi) is 5.84. The number of hydrogen-bond donors (Lipinski definition) is 1. The van der Waals surface area contributed by atoms with Gasteiger partial charge in [-0.2, -0.15) is 0 Å². The van der Waals surface area contributed by atoms with Gasteiger partial charge in [-0.05, 0) is 74.1 Å². The Balaban J connectivity index is 1.76. The fourth-order valence-corrected chi connectivity index (χ4v) is 4.12. The van der Waals surface area contributed by atoms with Crippen LogP contribution in [0.15, 0.2) is 60.2 Å². The summed E-state index contributed by atoms with van der Waals surface area (Å²) in [5.41, 5.74) is 3.09. The summed E-state index contributed by atoms with van der Waals surface area (Å²) in [4.78, 5) is 37.8. The largest absolute Gasteiger partial charge is 0.318 e. The number of carbonyl (C=O) groups excluding carboxylic acids is 2. The quantitative estimate of drug-likeness (QED) is 0.195. The van der Waals surface area contributed by atoms with Crippen LogP contribution in [0.1, 0.15) is 17.0 Å². The second-order valence-corrected chi connectivity index (χ2v) is 8.20. The molecule has 0 bridgehead atoms. The van der Waals surface area contributed by atoms with Crippen LogP contribution in [-0.2, 0) is 9.59 Å². The molecule has 4 rings (SSSR count). The molecule has 2 heterocycles. The molecule has 8 nitrogen and oxygen atoms in total. The first-order valence-electron chi connectivity index (χ1n) is 9.78. The van der Waals surface area contributed by atoms with Gasteiger partial charge in [0, 0.05) is 28.5 Å². The van der Waals surface area contributed by atoms with Gasteiger partial charge in [-0.25, -0.2) is 0 Å². The van der Waals surface area contributed by atoms with Crippen molar-refractivity contribution < 1.29 is 14.5 Å². The smallest absolute Gasteiger partial charge is 0.271 e. The minimum atomic E-state index is -0.602. The summed E-state index contributed by atoms with van der Waals surface area (Å²) in [6.45, 7) is 3.65. The van der Waals surface area contributed by atoms with E-state index in [1.165, 1.54) is 23.1 Å². The predicted octanol–water partition coefficient (Wildman–Crippen LogP) is 4.49. The van der Waals surface area contributed by atoms with E-state index in [-0.39, 0.29) is 16.4 Å². The lowest BCUT2D eigenvalue weighted by Gasteiger charge is -2.28. The van der Waals surface area contributed by atoms with E-state index in [0.717, 1.165) is 5.69 Å². The Bertz CT molecular complexity index is 1360.